The molecule has 1 atom stereocenters. The minimum atomic E-state index is -3.70. The number of nitro benzene ring substituents is 1. The lowest BCUT2D eigenvalue weighted by Gasteiger charge is -2.19. The van der Waals surface area contributed by atoms with Gasteiger partial charge in [-0.3, -0.25) is 15.1 Å². The monoisotopic (exact) mass is 363 g/mol. The van der Waals surface area contributed by atoms with Crippen LogP contribution in [-0.4, -0.2) is 43.8 Å². The smallest absolute Gasteiger partial charge is 0.311 e. The number of nitrogens with zero attached hydrogens (tertiary/aromatic N) is 3. The summed E-state index contributed by atoms with van der Waals surface area (Å²) in [4.78, 5) is 16.3. The Hall–Kier alpha value is -2.68. The van der Waals surface area contributed by atoms with Crippen molar-refractivity contribution in [2.45, 2.75) is 17.4 Å². The summed E-state index contributed by atoms with van der Waals surface area (Å²) < 4.78 is 29.6. The normalized spacial score (nSPS) is 17.5. The predicted octanol–water partition coefficient (Wildman–Crippen LogP) is 2.05. The van der Waals surface area contributed by atoms with E-state index in [1.165, 1.54) is 12.1 Å². The topological polar surface area (TPSA) is 103 Å². The van der Waals surface area contributed by atoms with Crippen LogP contribution in [0.3, 0.4) is 0 Å². The fourth-order valence-corrected chi connectivity index (χ4v) is 3.76. The molecule has 0 bridgehead atoms. The van der Waals surface area contributed by atoms with Gasteiger partial charge in [0.2, 0.25) is 0 Å². The number of rotatable bonds is 5. The number of hydrogen-bond donors (Lipinski definition) is 0. The lowest BCUT2D eigenvalue weighted by atomic mass is 10.2. The third kappa shape index (κ3) is 3.71. The highest BCUT2D eigenvalue weighted by molar-refractivity contribution is 7.90. The zero-order chi connectivity index (χ0) is 18.0. The van der Waals surface area contributed by atoms with E-state index in [0.29, 0.717) is 30.9 Å². The van der Waals surface area contributed by atoms with Crippen LogP contribution in [-0.2, 0) is 9.84 Å². The minimum Gasteiger partial charge on any atom is -0.488 e. The number of sulfone groups is 1. The molecule has 1 aromatic carbocycles. The summed E-state index contributed by atoms with van der Waals surface area (Å²) in [6, 6.07) is 7.85. The maximum absolute atomic E-state index is 11.9. The van der Waals surface area contributed by atoms with Gasteiger partial charge in [-0.05, 0) is 24.3 Å². The molecule has 2 aromatic rings. The second-order valence-corrected chi connectivity index (χ2v) is 7.79. The first-order chi connectivity index (χ1) is 11.9. The van der Waals surface area contributed by atoms with Crippen molar-refractivity contribution in [3.05, 3.63) is 52.8 Å². The van der Waals surface area contributed by atoms with E-state index in [9.17, 15) is 18.5 Å². The van der Waals surface area contributed by atoms with Gasteiger partial charge < -0.3 is 9.64 Å². The molecule has 9 heteroatoms. The molecule has 3 rings (SSSR count). The van der Waals surface area contributed by atoms with Crippen molar-refractivity contribution in [3.63, 3.8) is 0 Å². The van der Waals surface area contributed by atoms with E-state index in [-0.39, 0.29) is 16.7 Å². The Morgan fingerprint density at radius 3 is 2.64 bits per heavy atom. The van der Waals surface area contributed by atoms with Gasteiger partial charge in [0.1, 0.15) is 22.4 Å². The van der Waals surface area contributed by atoms with Crippen LogP contribution >= 0.6 is 0 Å². The molecule has 1 aliphatic heterocycles. The molecule has 0 aliphatic carbocycles. The summed E-state index contributed by atoms with van der Waals surface area (Å²) in [5, 5.41) is 11.5. The van der Waals surface area contributed by atoms with Crippen molar-refractivity contribution in [1.29, 1.82) is 0 Å². The summed E-state index contributed by atoms with van der Waals surface area (Å²) in [5.41, 5.74) is -0.0803. The van der Waals surface area contributed by atoms with Crippen LogP contribution in [0, 0.1) is 10.1 Å². The van der Waals surface area contributed by atoms with Gasteiger partial charge in [0.25, 0.3) is 0 Å². The highest BCUT2D eigenvalue weighted by atomic mass is 32.2. The van der Waals surface area contributed by atoms with E-state index in [4.69, 9.17) is 4.74 Å². The Labute approximate surface area is 145 Å². The van der Waals surface area contributed by atoms with Gasteiger partial charge in [-0.15, -0.1) is 0 Å². The first kappa shape index (κ1) is 17.2. The number of hydrogen-bond acceptors (Lipinski definition) is 7. The third-order valence-corrected chi connectivity index (χ3v) is 5.13. The molecule has 132 valence electrons. The second-order valence-electron chi connectivity index (χ2n) is 5.81. The molecule has 1 fully saturated rings. The molecule has 0 spiro atoms. The molecule has 1 aromatic heterocycles. The molecular weight excluding hydrogens is 346 g/mol. The Balaban J connectivity index is 1.87. The summed E-state index contributed by atoms with van der Waals surface area (Å²) in [6.45, 7) is 0.986. The maximum atomic E-state index is 11.9. The standard InChI is InChI=1S/C16H17N3O5S/c1-25(22,23)15-4-2-3-14(16(15)19(20)21)18-10-7-13(11-18)24-12-5-8-17-9-6-12/h2-6,8-9,13H,7,10-11H2,1H3. The number of aromatic nitrogens is 1. The van der Waals surface area contributed by atoms with Crippen molar-refractivity contribution in [2.24, 2.45) is 0 Å². The summed E-state index contributed by atoms with van der Waals surface area (Å²) in [5.74, 6) is 0.682. The van der Waals surface area contributed by atoms with Gasteiger partial charge in [-0.1, -0.05) is 6.07 Å². The molecular formula is C16H17N3O5S. The maximum Gasteiger partial charge on any atom is 0.311 e. The highest BCUT2D eigenvalue weighted by Gasteiger charge is 2.33. The molecule has 0 saturated carbocycles. The third-order valence-electron chi connectivity index (χ3n) is 4.00. The summed E-state index contributed by atoms with van der Waals surface area (Å²) in [7, 11) is -3.70. The first-order valence-electron chi connectivity index (χ1n) is 7.65. The van der Waals surface area contributed by atoms with Crippen molar-refractivity contribution in [2.75, 3.05) is 24.2 Å². The van der Waals surface area contributed by atoms with E-state index in [2.05, 4.69) is 4.98 Å². The number of pyridine rings is 1. The van der Waals surface area contributed by atoms with Crippen LogP contribution in [0.15, 0.2) is 47.6 Å². The number of benzene rings is 1. The van der Waals surface area contributed by atoms with Crippen LogP contribution in [0.5, 0.6) is 5.75 Å². The van der Waals surface area contributed by atoms with E-state index in [1.807, 2.05) is 0 Å². The van der Waals surface area contributed by atoms with Gasteiger partial charge in [0.05, 0.1) is 11.5 Å². The Morgan fingerprint density at radius 2 is 2.00 bits per heavy atom. The average molecular weight is 363 g/mol. The van der Waals surface area contributed by atoms with Gasteiger partial charge in [-0.2, -0.15) is 0 Å². The van der Waals surface area contributed by atoms with Gasteiger partial charge in [0, 0.05) is 31.6 Å². The van der Waals surface area contributed by atoms with E-state index < -0.39 is 14.8 Å². The largest absolute Gasteiger partial charge is 0.488 e. The molecule has 8 nitrogen and oxygen atoms in total. The average Bonchev–Trinajstić information content (AvgIpc) is 3.02. The molecule has 1 unspecified atom stereocenters. The Kier molecular flexibility index (Phi) is 4.58. The number of nitro groups is 1. The molecule has 1 aliphatic rings. The lowest BCUT2D eigenvalue weighted by Crippen LogP contribution is -2.25. The van der Waals surface area contributed by atoms with Gasteiger partial charge >= 0.3 is 5.69 Å². The minimum absolute atomic E-state index is 0.135. The molecule has 25 heavy (non-hydrogen) atoms. The summed E-state index contributed by atoms with van der Waals surface area (Å²) >= 11 is 0. The molecule has 0 radical (unpaired) electrons. The van der Waals surface area contributed by atoms with Crippen molar-refractivity contribution < 1.29 is 18.1 Å². The zero-order valence-corrected chi connectivity index (χ0v) is 14.3. The fraction of sp³-hybridized carbons (Fsp3) is 0.312. The van der Waals surface area contributed by atoms with Crippen LogP contribution in [0.4, 0.5) is 11.4 Å². The Bertz CT molecular complexity index is 886. The predicted molar refractivity (Wildman–Crippen MR) is 91.7 cm³/mol. The number of ether oxygens (including phenoxy) is 1. The van der Waals surface area contributed by atoms with Crippen molar-refractivity contribution >= 4 is 21.2 Å². The quantitative estimate of drug-likeness (QED) is 0.591. The van der Waals surface area contributed by atoms with E-state index >= 15 is 0 Å². The van der Waals surface area contributed by atoms with Gasteiger partial charge in [-0.25, -0.2) is 8.42 Å². The fourth-order valence-electron chi connectivity index (χ4n) is 2.90. The van der Waals surface area contributed by atoms with Crippen molar-refractivity contribution in [3.8, 4) is 5.75 Å². The first-order valence-corrected chi connectivity index (χ1v) is 9.54. The molecule has 0 N–H and O–H groups in total. The van der Waals surface area contributed by atoms with Crippen molar-refractivity contribution in [1.82, 2.24) is 4.98 Å². The lowest BCUT2D eigenvalue weighted by molar-refractivity contribution is -0.387. The van der Waals surface area contributed by atoms with E-state index in [0.717, 1.165) is 6.26 Å². The second kappa shape index (κ2) is 6.67. The number of para-hydroxylation sites is 1. The molecule has 2 heterocycles. The highest BCUT2D eigenvalue weighted by Crippen LogP contribution is 2.36. The molecule has 1 saturated heterocycles. The van der Waals surface area contributed by atoms with Gasteiger partial charge in [0.15, 0.2) is 9.84 Å². The summed E-state index contributed by atoms with van der Waals surface area (Å²) in [6.07, 6.45) is 4.77. The van der Waals surface area contributed by atoms with Crippen LogP contribution in [0.1, 0.15) is 6.42 Å². The van der Waals surface area contributed by atoms with Crippen LogP contribution < -0.4 is 9.64 Å². The molecule has 0 amide bonds. The van der Waals surface area contributed by atoms with E-state index in [1.54, 1.807) is 35.5 Å². The number of anilines is 1. The van der Waals surface area contributed by atoms with Crippen LogP contribution in [0.25, 0.3) is 0 Å². The Morgan fingerprint density at radius 1 is 1.28 bits per heavy atom. The van der Waals surface area contributed by atoms with Crippen LogP contribution in [0.2, 0.25) is 0 Å². The zero-order valence-electron chi connectivity index (χ0n) is 13.5. The SMILES string of the molecule is CS(=O)(=O)c1cccc(N2CCC(Oc3ccncc3)C2)c1[N+](=O)[O-].